The molecule has 2 nitrogen and oxygen atoms in total. The molecule has 0 aromatic rings. The molecular formula is C8H16O2. The molecule has 0 saturated carbocycles. The van der Waals surface area contributed by atoms with Crippen LogP contribution in [0.15, 0.2) is 0 Å². The molecule has 0 bridgehead atoms. The van der Waals surface area contributed by atoms with Crippen molar-refractivity contribution in [3.8, 4) is 0 Å². The van der Waals surface area contributed by atoms with E-state index in [9.17, 15) is 0 Å². The van der Waals surface area contributed by atoms with Gasteiger partial charge < -0.3 is 9.84 Å². The second-order valence-corrected chi connectivity index (χ2v) is 4.03. The van der Waals surface area contributed by atoms with Gasteiger partial charge in [-0.15, -0.1) is 0 Å². The summed E-state index contributed by atoms with van der Waals surface area (Å²) in [5.74, 6) is 0.539. The van der Waals surface area contributed by atoms with Crippen LogP contribution < -0.4 is 0 Å². The second kappa shape index (κ2) is 2.51. The summed E-state index contributed by atoms with van der Waals surface area (Å²) in [6.07, 6.45) is 0.0972. The molecule has 0 aromatic carbocycles. The molecule has 1 rings (SSSR count). The Morgan fingerprint density at radius 3 is 2.20 bits per heavy atom. The van der Waals surface area contributed by atoms with Crippen LogP contribution >= 0.6 is 0 Å². The smallest absolute Gasteiger partial charge is 0.0860 e. The highest BCUT2D eigenvalue weighted by molar-refractivity contribution is 4.86. The van der Waals surface area contributed by atoms with Gasteiger partial charge in [0.1, 0.15) is 0 Å². The minimum atomic E-state index is 0.0972. The number of ether oxygens (including phenoxy) is 1. The fraction of sp³-hybridized carbons (Fsp3) is 1.00. The monoisotopic (exact) mass is 144 g/mol. The zero-order chi connectivity index (χ0) is 7.78. The fourth-order valence-corrected chi connectivity index (χ4v) is 1.32. The fourth-order valence-electron chi connectivity index (χ4n) is 1.32. The topological polar surface area (TPSA) is 29.5 Å². The standard InChI is InChI=1S/C8H16O2/c1-8(2,3)6-5-10-7(6)4-9/h6-7,9H,4-5H2,1-3H3/t6-,7+/m1/s1. The van der Waals surface area contributed by atoms with Crippen LogP contribution in [-0.2, 0) is 4.74 Å². The van der Waals surface area contributed by atoms with Gasteiger partial charge in [-0.2, -0.15) is 0 Å². The Morgan fingerprint density at radius 2 is 2.10 bits per heavy atom. The molecule has 1 aliphatic rings. The Bertz CT molecular complexity index is 113. The molecule has 0 unspecified atom stereocenters. The van der Waals surface area contributed by atoms with Crippen molar-refractivity contribution in [3.63, 3.8) is 0 Å². The number of aliphatic hydroxyl groups excluding tert-OH is 1. The molecule has 1 saturated heterocycles. The van der Waals surface area contributed by atoms with Crippen molar-refractivity contribution in [1.29, 1.82) is 0 Å². The third-order valence-corrected chi connectivity index (χ3v) is 2.23. The van der Waals surface area contributed by atoms with Gasteiger partial charge in [0, 0.05) is 5.92 Å². The number of aliphatic hydroxyl groups is 1. The first kappa shape index (κ1) is 8.02. The van der Waals surface area contributed by atoms with Gasteiger partial charge in [-0.1, -0.05) is 20.8 Å². The average Bonchev–Trinajstić information content (AvgIpc) is 1.57. The number of hydrogen-bond acceptors (Lipinski definition) is 2. The van der Waals surface area contributed by atoms with E-state index in [1.165, 1.54) is 0 Å². The van der Waals surface area contributed by atoms with Crippen LogP contribution in [0.2, 0.25) is 0 Å². The summed E-state index contributed by atoms with van der Waals surface area (Å²) in [5, 5.41) is 8.79. The molecule has 0 aliphatic carbocycles. The quantitative estimate of drug-likeness (QED) is 0.596. The van der Waals surface area contributed by atoms with Crippen LogP contribution in [0.1, 0.15) is 20.8 Å². The summed E-state index contributed by atoms with van der Waals surface area (Å²) >= 11 is 0. The summed E-state index contributed by atoms with van der Waals surface area (Å²) in [6.45, 7) is 7.53. The Hall–Kier alpha value is -0.0800. The maximum Gasteiger partial charge on any atom is 0.0860 e. The lowest BCUT2D eigenvalue weighted by atomic mass is 9.75. The predicted octanol–water partition coefficient (Wildman–Crippen LogP) is 1.04. The zero-order valence-corrected chi connectivity index (χ0v) is 6.92. The highest BCUT2D eigenvalue weighted by Gasteiger charge is 2.39. The first-order valence-corrected chi connectivity index (χ1v) is 3.78. The van der Waals surface area contributed by atoms with E-state index in [0.717, 1.165) is 6.61 Å². The van der Waals surface area contributed by atoms with Crippen molar-refractivity contribution in [1.82, 2.24) is 0 Å². The Labute approximate surface area is 62.2 Å². The largest absolute Gasteiger partial charge is 0.394 e. The first-order valence-electron chi connectivity index (χ1n) is 3.78. The van der Waals surface area contributed by atoms with E-state index >= 15 is 0 Å². The molecule has 1 fully saturated rings. The Kier molecular flexibility index (Phi) is 2.02. The lowest BCUT2D eigenvalue weighted by molar-refractivity contribution is -0.171. The third-order valence-electron chi connectivity index (χ3n) is 2.23. The predicted molar refractivity (Wildman–Crippen MR) is 39.8 cm³/mol. The molecule has 2 atom stereocenters. The van der Waals surface area contributed by atoms with E-state index in [2.05, 4.69) is 20.8 Å². The normalized spacial score (nSPS) is 33.6. The maximum atomic E-state index is 8.79. The Morgan fingerprint density at radius 1 is 1.50 bits per heavy atom. The number of hydrogen-bond donors (Lipinski definition) is 1. The average molecular weight is 144 g/mol. The molecule has 10 heavy (non-hydrogen) atoms. The first-order chi connectivity index (χ1) is 4.55. The van der Waals surface area contributed by atoms with Crippen LogP contribution in [0.25, 0.3) is 0 Å². The van der Waals surface area contributed by atoms with Gasteiger partial charge in [-0.25, -0.2) is 0 Å². The molecule has 60 valence electrons. The third kappa shape index (κ3) is 1.32. The van der Waals surface area contributed by atoms with Crippen molar-refractivity contribution in [2.75, 3.05) is 13.2 Å². The van der Waals surface area contributed by atoms with E-state index in [-0.39, 0.29) is 18.1 Å². The van der Waals surface area contributed by atoms with Crippen LogP contribution in [0.3, 0.4) is 0 Å². The zero-order valence-electron chi connectivity index (χ0n) is 6.92. The van der Waals surface area contributed by atoms with Gasteiger partial charge in [0.05, 0.1) is 19.3 Å². The molecule has 1 aliphatic heterocycles. The van der Waals surface area contributed by atoms with Gasteiger partial charge in [0.15, 0.2) is 0 Å². The van der Waals surface area contributed by atoms with Crippen molar-refractivity contribution in [2.24, 2.45) is 11.3 Å². The molecular weight excluding hydrogens is 128 g/mol. The summed E-state index contributed by atoms with van der Waals surface area (Å²) < 4.78 is 5.17. The molecule has 0 spiro atoms. The van der Waals surface area contributed by atoms with Crippen molar-refractivity contribution in [3.05, 3.63) is 0 Å². The highest BCUT2D eigenvalue weighted by Crippen LogP contribution is 2.36. The lowest BCUT2D eigenvalue weighted by Gasteiger charge is -2.44. The molecule has 1 N–H and O–H groups in total. The van der Waals surface area contributed by atoms with Crippen molar-refractivity contribution >= 4 is 0 Å². The minimum Gasteiger partial charge on any atom is -0.394 e. The number of rotatable bonds is 1. The summed E-state index contributed by atoms with van der Waals surface area (Å²) in [7, 11) is 0. The van der Waals surface area contributed by atoms with Gasteiger partial charge >= 0.3 is 0 Å². The summed E-state index contributed by atoms with van der Waals surface area (Å²) in [5.41, 5.74) is 0.283. The maximum absolute atomic E-state index is 8.79. The van der Waals surface area contributed by atoms with Crippen molar-refractivity contribution in [2.45, 2.75) is 26.9 Å². The molecule has 0 amide bonds. The van der Waals surface area contributed by atoms with Gasteiger partial charge in [0.2, 0.25) is 0 Å². The highest BCUT2D eigenvalue weighted by atomic mass is 16.5. The lowest BCUT2D eigenvalue weighted by Crippen LogP contribution is -2.49. The van der Waals surface area contributed by atoms with Crippen molar-refractivity contribution < 1.29 is 9.84 Å². The van der Waals surface area contributed by atoms with Gasteiger partial charge in [-0.05, 0) is 5.41 Å². The Balaban J connectivity index is 2.43. The second-order valence-electron chi connectivity index (χ2n) is 4.03. The molecule has 0 radical (unpaired) electrons. The summed E-state index contributed by atoms with van der Waals surface area (Å²) in [6, 6.07) is 0. The van der Waals surface area contributed by atoms with Gasteiger partial charge in [-0.3, -0.25) is 0 Å². The van der Waals surface area contributed by atoms with E-state index < -0.39 is 0 Å². The van der Waals surface area contributed by atoms with Crippen LogP contribution in [0.4, 0.5) is 0 Å². The van der Waals surface area contributed by atoms with Crippen LogP contribution in [-0.4, -0.2) is 24.4 Å². The molecule has 0 aromatic heterocycles. The molecule has 2 heteroatoms. The summed E-state index contributed by atoms with van der Waals surface area (Å²) in [4.78, 5) is 0. The van der Waals surface area contributed by atoms with E-state index in [1.54, 1.807) is 0 Å². The minimum absolute atomic E-state index is 0.0972. The van der Waals surface area contributed by atoms with Crippen LogP contribution in [0.5, 0.6) is 0 Å². The van der Waals surface area contributed by atoms with Crippen LogP contribution in [0, 0.1) is 11.3 Å². The van der Waals surface area contributed by atoms with Gasteiger partial charge in [0.25, 0.3) is 0 Å². The SMILES string of the molecule is CC(C)(C)[C@@H]1CO[C@H]1CO. The molecule has 1 heterocycles. The van der Waals surface area contributed by atoms with E-state index in [1.807, 2.05) is 0 Å². The van der Waals surface area contributed by atoms with E-state index in [4.69, 9.17) is 9.84 Å². The van der Waals surface area contributed by atoms with E-state index in [0.29, 0.717) is 5.92 Å².